The molecule has 0 aromatic rings. The van der Waals surface area contributed by atoms with Gasteiger partial charge in [0.25, 0.3) is 0 Å². The molecule has 4 heteroatoms. The van der Waals surface area contributed by atoms with Gasteiger partial charge in [0.2, 0.25) is 8.32 Å². The van der Waals surface area contributed by atoms with Crippen molar-refractivity contribution >= 4 is 8.32 Å². The third-order valence-electron chi connectivity index (χ3n) is 1.55. The van der Waals surface area contributed by atoms with E-state index in [9.17, 15) is 0 Å². The molecule has 0 radical (unpaired) electrons. The highest BCUT2D eigenvalue weighted by atomic mass is 28.4. The zero-order chi connectivity index (χ0) is 11.9. The molecule has 0 atom stereocenters. The van der Waals surface area contributed by atoms with Crippen molar-refractivity contribution in [3.63, 3.8) is 0 Å². The smallest absolute Gasteiger partial charge is 0.241 e. The summed E-state index contributed by atoms with van der Waals surface area (Å²) in [4.78, 5) is 0. The van der Waals surface area contributed by atoms with Crippen LogP contribution in [0.2, 0.25) is 19.6 Å². The molecule has 0 aliphatic carbocycles. The Morgan fingerprint density at radius 1 is 1.13 bits per heavy atom. The molecule has 0 saturated heterocycles. The molecule has 0 aliphatic rings. The van der Waals surface area contributed by atoms with Crippen LogP contribution in [0.4, 0.5) is 0 Å². The molecule has 15 heavy (non-hydrogen) atoms. The van der Waals surface area contributed by atoms with Crippen molar-refractivity contribution in [3.8, 4) is 0 Å². The molecule has 0 fully saturated rings. The van der Waals surface area contributed by atoms with E-state index in [1.807, 2.05) is 13.8 Å². The minimum Gasteiger partial charge on any atom is -0.548 e. The van der Waals surface area contributed by atoms with Gasteiger partial charge in [-0.2, -0.15) is 0 Å². The van der Waals surface area contributed by atoms with E-state index in [0.717, 1.165) is 5.76 Å². The van der Waals surface area contributed by atoms with E-state index in [1.54, 1.807) is 0 Å². The zero-order valence-corrected chi connectivity index (χ0v) is 11.6. The lowest BCUT2D eigenvalue weighted by Gasteiger charge is -2.24. The third-order valence-corrected chi connectivity index (χ3v) is 2.45. The van der Waals surface area contributed by atoms with Gasteiger partial charge in [0, 0.05) is 13.2 Å². The van der Waals surface area contributed by atoms with Gasteiger partial charge in [-0.3, -0.25) is 0 Å². The highest BCUT2D eigenvalue weighted by Crippen LogP contribution is 2.15. The van der Waals surface area contributed by atoms with Crippen molar-refractivity contribution in [1.29, 1.82) is 0 Å². The second-order valence-electron chi connectivity index (χ2n) is 4.30. The second kappa shape index (κ2) is 7.03. The molecular formula is C11H24O3Si. The lowest BCUT2D eigenvalue weighted by Crippen LogP contribution is -2.27. The van der Waals surface area contributed by atoms with Crippen LogP contribution in [0.3, 0.4) is 0 Å². The fourth-order valence-corrected chi connectivity index (χ4v) is 2.15. The summed E-state index contributed by atoms with van der Waals surface area (Å²) < 4.78 is 16.6. The SMILES string of the molecule is C=C(CC(OCC)OCC)O[Si](C)(C)C. The largest absolute Gasteiger partial charge is 0.548 e. The molecule has 0 amide bonds. The van der Waals surface area contributed by atoms with Gasteiger partial charge >= 0.3 is 0 Å². The number of rotatable bonds is 8. The molecule has 3 nitrogen and oxygen atoms in total. The summed E-state index contributed by atoms with van der Waals surface area (Å²) in [6.07, 6.45) is 0.398. The molecule has 0 heterocycles. The standard InChI is InChI=1S/C11H24O3Si/c1-7-12-11(13-8-2)9-10(3)14-15(4,5)6/h11H,3,7-9H2,1-2,4-6H3. The highest BCUT2D eigenvalue weighted by Gasteiger charge is 2.19. The van der Waals surface area contributed by atoms with Gasteiger partial charge in [-0.05, 0) is 33.5 Å². The van der Waals surface area contributed by atoms with Crippen LogP contribution in [0, 0.1) is 0 Å². The first-order valence-electron chi connectivity index (χ1n) is 5.49. The molecule has 90 valence electrons. The van der Waals surface area contributed by atoms with Crippen molar-refractivity contribution < 1.29 is 13.9 Å². The topological polar surface area (TPSA) is 27.7 Å². The van der Waals surface area contributed by atoms with Crippen LogP contribution in [0.15, 0.2) is 12.3 Å². The van der Waals surface area contributed by atoms with E-state index < -0.39 is 8.32 Å². The van der Waals surface area contributed by atoms with E-state index in [0.29, 0.717) is 19.6 Å². The van der Waals surface area contributed by atoms with Crippen molar-refractivity contribution in [1.82, 2.24) is 0 Å². The van der Waals surface area contributed by atoms with Crippen LogP contribution in [0.25, 0.3) is 0 Å². The second-order valence-corrected chi connectivity index (χ2v) is 8.73. The van der Waals surface area contributed by atoms with Crippen molar-refractivity contribution in [2.24, 2.45) is 0 Å². The Morgan fingerprint density at radius 3 is 1.93 bits per heavy atom. The summed E-state index contributed by atoms with van der Waals surface area (Å²) in [7, 11) is -1.54. The minimum atomic E-state index is -1.54. The van der Waals surface area contributed by atoms with Crippen LogP contribution >= 0.6 is 0 Å². The van der Waals surface area contributed by atoms with Crippen LogP contribution < -0.4 is 0 Å². The zero-order valence-electron chi connectivity index (χ0n) is 10.6. The van der Waals surface area contributed by atoms with E-state index in [2.05, 4.69) is 26.2 Å². The maximum absolute atomic E-state index is 5.75. The molecular weight excluding hydrogens is 208 g/mol. The molecule has 0 unspecified atom stereocenters. The lowest BCUT2D eigenvalue weighted by atomic mass is 10.4. The molecule has 0 spiro atoms. The Bertz CT molecular complexity index is 181. The van der Waals surface area contributed by atoms with Crippen molar-refractivity contribution in [2.45, 2.75) is 46.2 Å². The predicted octanol–water partition coefficient (Wildman–Crippen LogP) is 3.14. The molecule has 0 aliphatic heterocycles. The molecule has 0 aromatic heterocycles. The van der Waals surface area contributed by atoms with Gasteiger partial charge in [0.15, 0.2) is 6.29 Å². The Morgan fingerprint density at radius 2 is 1.60 bits per heavy atom. The molecule has 0 N–H and O–H groups in total. The monoisotopic (exact) mass is 232 g/mol. The Balaban J connectivity index is 3.99. The number of hydrogen-bond donors (Lipinski definition) is 0. The predicted molar refractivity (Wildman–Crippen MR) is 65.2 cm³/mol. The Labute approximate surface area is 94.5 Å². The summed E-state index contributed by atoms with van der Waals surface area (Å²) in [6.45, 7) is 15.5. The van der Waals surface area contributed by atoms with Crippen molar-refractivity contribution in [3.05, 3.63) is 12.3 Å². The maximum Gasteiger partial charge on any atom is 0.241 e. The first kappa shape index (κ1) is 14.7. The van der Waals surface area contributed by atoms with Gasteiger partial charge in [-0.25, -0.2) is 0 Å². The number of hydrogen-bond acceptors (Lipinski definition) is 3. The summed E-state index contributed by atoms with van der Waals surface area (Å²) in [5, 5.41) is 0. The normalized spacial score (nSPS) is 11.9. The van der Waals surface area contributed by atoms with Gasteiger partial charge in [-0.15, -0.1) is 0 Å². The van der Waals surface area contributed by atoms with E-state index in [4.69, 9.17) is 13.9 Å². The van der Waals surface area contributed by atoms with E-state index in [-0.39, 0.29) is 6.29 Å². The molecule has 0 aromatic carbocycles. The molecule has 0 bridgehead atoms. The number of ether oxygens (including phenoxy) is 2. The molecule has 0 rings (SSSR count). The van der Waals surface area contributed by atoms with Crippen LogP contribution in [-0.2, 0) is 13.9 Å². The average molecular weight is 232 g/mol. The van der Waals surface area contributed by atoms with Crippen LogP contribution in [0.1, 0.15) is 20.3 Å². The minimum absolute atomic E-state index is 0.219. The van der Waals surface area contributed by atoms with Crippen LogP contribution in [0.5, 0.6) is 0 Å². The quantitative estimate of drug-likeness (QED) is 0.365. The van der Waals surface area contributed by atoms with E-state index in [1.165, 1.54) is 0 Å². The van der Waals surface area contributed by atoms with Crippen molar-refractivity contribution in [2.75, 3.05) is 13.2 Å². The summed E-state index contributed by atoms with van der Waals surface area (Å²) >= 11 is 0. The first-order chi connectivity index (χ1) is 6.89. The van der Waals surface area contributed by atoms with E-state index >= 15 is 0 Å². The Kier molecular flexibility index (Phi) is 6.88. The van der Waals surface area contributed by atoms with Gasteiger partial charge in [-0.1, -0.05) is 6.58 Å². The fraction of sp³-hybridized carbons (Fsp3) is 0.818. The summed E-state index contributed by atoms with van der Waals surface area (Å²) in [5.41, 5.74) is 0. The lowest BCUT2D eigenvalue weighted by molar-refractivity contribution is -0.137. The summed E-state index contributed by atoms with van der Waals surface area (Å²) in [6, 6.07) is 0. The molecule has 0 saturated carbocycles. The van der Waals surface area contributed by atoms with Gasteiger partial charge in [0.1, 0.15) is 0 Å². The third kappa shape index (κ3) is 8.66. The fourth-order valence-electron chi connectivity index (χ4n) is 1.20. The van der Waals surface area contributed by atoms with Gasteiger partial charge in [0.05, 0.1) is 12.2 Å². The Hall–Kier alpha value is -0.323. The highest BCUT2D eigenvalue weighted by molar-refractivity contribution is 6.70. The maximum atomic E-state index is 5.75. The summed E-state index contributed by atoms with van der Waals surface area (Å²) in [5.74, 6) is 0.765. The first-order valence-corrected chi connectivity index (χ1v) is 8.89. The average Bonchev–Trinajstić information content (AvgIpc) is 2.00. The van der Waals surface area contributed by atoms with Gasteiger partial charge < -0.3 is 13.9 Å². The van der Waals surface area contributed by atoms with Crippen LogP contribution in [-0.4, -0.2) is 27.8 Å².